The fourth-order valence-electron chi connectivity index (χ4n) is 3.73. The maximum Gasteiger partial charge on any atom is 0.191 e. The van der Waals surface area contributed by atoms with E-state index >= 15 is 0 Å². The molecule has 2 aliphatic heterocycles. The molecule has 0 amide bonds. The highest BCUT2D eigenvalue weighted by Gasteiger charge is 2.34. The predicted octanol–water partition coefficient (Wildman–Crippen LogP) is 1.99. The summed E-state index contributed by atoms with van der Waals surface area (Å²) in [6.07, 6.45) is 1.73. The Morgan fingerprint density at radius 3 is 2.52 bits per heavy atom. The molecule has 2 heterocycles. The zero-order chi connectivity index (χ0) is 19.7. The minimum atomic E-state index is 0. The van der Waals surface area contributed by atoms with Gasteiger partial charge in [0.25, 0.3) is 0 Å². The number of hydrogen-bond donors (Lipinski definition) is 3. The smallest absolute Gasteiger partial charge is 0.191 e. The first-order valence-corrected chi connectivity index (χ1v) is 10.4. The molecule has 0 aliphatic carbocycles. The number of aliphatic hydroxyl groups excluding tert-OH is 1. The lowest BCUT2D eigenvalue weighted by Gasteiger charge is -2.29. The van der Waals surface area contributed by atoms with Gasteiger partial charge in [0.1, 0.15) is 0 Å². The summed E-state index contributed by atoms with van der Waals surface area (Å²) in [5.41, 5.74) is 2.43. The van der Waals surface area contributed by atoms with Gasteiger partial charge in [0.15, 0.2) is 5.96 Å². The molecule has 0 aromatic heterocycles. The maximum absolute atomic E-state index is 9.39. The predicted molar refractivity (Wildman–Crippen MR) is 127 cm³/mol. The van der Waals surface area contributed by atoms with Crippen molar-refractivity contribution in [2.24, 2.45) is 10.4 Å². The van der Waals surface area contributed by atoms with Gasteiger partial charge in [-0.3, -0.25) is 0 Å². The van der Waals surface area contributed by atoms with Crippen molar-refractivity contribution in [1.82, 2.24) is 10.6 Å². The largest absolute Gasteiger partial charge is 0.396 e. The first-order valence-electron chi connectivity index (χ1n) is 10.4. The molecule has 0 spiro atoms. The number of aliphatic imine (C=N–C) groups is 1. The molecule has 1 aromatic carbocycles. The van der Waals surface area contributed by atoms with Crippen LogP contribution in [0.4, 0.5) is 5.69 Å². The van der Waals surface area contributed by atoms with Crippen LogP contribution in [0.2, 0.25) is 0 Å². The van der Waals surface area contributed by atoms with Crippen LogP contribution in [0.25, 0.3) is 0 Å². The van der Waals surface area contributed by atoms with Gasteiger partial charge in [-0.05, 0) is 37.5 Å². The average Bonchev–Trinajstić information content (AvgIpc) is 3.20. The Morgan fingerprint density at radius 2 is 1.90 bits per heavy atom. The lowest BCUT2D eigenvalue weighted by atomic mass is 9.84. The summed E-state index contributed by atoms with van der Waals surface area (Å²) in [5.74, 6) is 0.809. The van der Waals surface area contributed by atoms with Crippen molar-refractivity contribution in [2.75, 3.05) is 64.1 Å². The summed E-state index contributed by atoms with van der Waals surface area (Å²) in [6, 6.07) is 8.64. The van der Waals surface area contributed by atoms with E-state index in [2.05, 4.69) is 46.7 Å². The van der Waals surface area contributed by atoms with Crippen LogP contribution in [0, 0.1) is 5.41 Å². The van der Waals surface area contributed by atoms with Gasteiger partial charge >= 0.3 is 0 Å². The highest BCUT2D eigenvalue weighted by Crippen LogP contribution is 2.31. The molecule has 2 fully saturated rings. The number of halogens is 1. The Kier molecular flexibility index (Phi) is 10.5. The van der Waals surface area contributed by atoms with Crippen LogP contribution in [0.1, 0.15) is 25.3 Å². The number of nitrogens with one attached hydrogen (secondary N) is 2. The van der Waals surface area contributed by atoms with Gasteiger partial charge in [-0.1, -0.05) is 12.1 Å². The summed E-state index contributed by atoms with van der Waals surface area (Å²) in [7, 11) is 0. The van der Waals surface area contributed by atoms with Crippen molar-refractivity contribution in [2.45, 2.75) is 26.3 Å². The lowest BCUT2D eigenvalue weighted by Crippen LogP contribution is -2.44. The van der Waals surface area contributed by atoms with E-state index < -0.39 is 0 Å². The topological polar surface area (TPSA) is 78.4 Å². The molecule has 2 aliphatic rings. The molecule has 0 saturated carbocycles. The van der Waals surface area contributed by atoms with Gasteiger partial charge in [0, 0.05) is 50.5 Å². The molecule has 0 bridgehead atoms. The van der Waals surface area contributed by atoms with Gasteiger partial charge in [-0.15, -0.1) is 24.0 Å². The van der Waals surface area contributed by atoms with E-state index in [0.29, 0.717) is 13.2 Å². The number of aliphatic hydroxyl groups is 1. The molecule has 29 heavy (non-hydrogen) atoms. The van der Waals surface area contributed by atoms with Crippen LogP contribution < -0.4 is 15.5 Å². The number of hydrogen-bond acceptors (Lipinski definition) is 5. The normalized spacial score (nSPS) is 22.3. The van der Waals surface area contributed by atoms with E-state index in [1.165, 1.54) is 11.3 Å². The number of ether oxygens (including phenoxy) is 2. The minimum Gasteiger partial charge on any atom is -0.396 e. The summed E-state index contributed by atoms with van der Waals surface area (Å²) in [5, 5.41) is 16.1. The van der Waals surface area contributed by atoms with Gasteiger partial charge in [-0.25, -0.2) is 4.99 Å². The molecule has 2 saturated heterocycles. The van der Waals surface area contributed by atoms with Crippen LogP contribution >= 0.6 is 24.0 Å². The van der Waals surface area contributed by atoms with E-state index in [9.17, 15) is 5.11 Å². The molecule has 1 atom stereocenters. The molecule has 1 aromatic rings. The Balaban J connectivity index is 0.00000300. The van der Waals surface area contributed by atoms with Crippen molar-refractivity contribution in [3.8, 4) is 0 Å². The van der Waals surface area contributed by atoms with E-state index in [0.717, 1.165) is 64.8 Å². The summed E-state index contributed by atoms with van der Waals surface area (Å²) in [6.45, 7) is 9.41. The maximum atomic E-state index is 9.39. The molecule has 3 N–H and O–H groups in total. The van der Waals surface area contributed by atoms with Gasteiger partial charge in [0.05, 0.1) is 26.4 Å². The zero-order valence-electron chi connectivity index (χ0n) is 17.4. The molecule has 1 unspecified atom stereocenters. The fraction of sp³-hybridized carbons (Fsp3) is 0.667. The summed E-state index contributed by atoms with van der Waals surface area (Å²) >= 11 is 0. The van der Waals surface area contributed by atoms with Crippen molar-refractivity contribution in [3.63, 3.8) is 0 Å². The number of nitrogens with zero attached hydrogens (tertiary/aromatic N) is 2. The molecule has 0 radical (unpaired) electrons. The molecule has 7 nitrogen and oxygen atoms in total. The fourth-order valence-corrected chi connectivity index (χ4v) is 3.73. The van der Waals surface area contributed by atoms with Crippen molar-refractivity contribution in [3.05, 3.63) is 29.8 Å². The number of guanidine groups is 1. The number of anilines is 1. The van der Waals surface area contributed by atoms with Crippen molar-refractivity contribution >= 4 is 35.6 Å². The number of morpholine rings is 1. The van der Waals surface area contributed by atoms with Crippen LogP contribution in [0.3, 0.4) is 0 Å². The Morgan fingerprint density at radius 1 is 1.14 bits per heavy atom. The average molecular weight is 518 g/mol. The summed E-state index contributed by atoms with van der Waals surface area (Å²) < 4.78 is 11.0. The third-order valence-corrected chi connectivity index (χ3v) is 5.53. The molecular formula is C21H35IN4O3. The monoisotopic (exact) mass is 518 g/mol. The Bertz CT molecular complexity index is 615. The van der Waals surface area contributed by atoms with E-state index in [-0.39, 0.29) is 36.0 Å². The van der Waals surface area contributed by atoms with E-state index in [4.69, 9.17) is 14.5 Å². The quantitative estimate of drug-likeness (QED) is 0.278. The molecule has 164 valence electrons. The van der Waals surface area contributed by atoms with Gasteiger partial charge < -0.3 is 30.1 Å². The third kappa shape index (κ3) is 7.27. The van der Waals surface area contributed by atoms with E-state index in [1.54, 1.807) is 0 Å². The third-order valence-electron chi connectivity index (χ3n) is 5.53. The standard InChI is InChI=1S/C21H34N4O3.HI/c1-2-22-20(24-16-21(7-11-26)8-12-28-17-21)23-15-18-3-5-19(6-4-18)25-9-13-27-14-10-25;/h3-6,26H,2,7-17H2,1H3,(H2,22,23,24);1H. The van der Waals surface area contributed by atoms with E-state index in [1.807, 2.05) is 0 Å². The lowest BCUT2D eigenvalue weighted by molar-refractivity contribution is 0.122. The first kappa shape index (κ1) is 24.2. The van der Waals surface area contributed by atoms with Gasteiger partial charge in [0.2, 0.25) is 0 Å². The Hall–Kier alpha value is -1.10. The minimum absolute atomic E-state index is 0. The SMILES string of the molecule is CCNC(=NCc1ccc(N2CCOCC2)cc1)NCC1(CCO)CCOC1.I. The second-order valence-electron chi connectivity index (χ2n) is 7.59. The van der Waals surface area contributed by atoms with Crippen LogP contribution in [-0.2, 0) is 16.0 Å². The second-order valence-corrected chi connectivity index (χ2v) is 7.59. The van der Waals surface area contributed by atoms with Crippen LogP contribution in [0.15, 0.2) is 29.3 Å². The molecule has 3 rings (SSSR count). The van der Waals surface area contributed by atoms with Gasteiger partial charge in [-0.2, -0.15) is 0 Å². The van der Waals surface area contributed by atoms with Crippen molar-refractivity contribution in [1.29, 1.82) is 0 Å². The number of rotatable bonds is 8. The second kappa shape index (κ2) is 12.6. The zero-order valence-corrected chi connectivity index (χ0v) is 19.7. The Labute approximate surface area is 191 Å². The highest BCUT2D eigenvalue weighted by atomic mass is 127. The molecular weight excluding hydrogens is 483 g/mol. The highest BCUT2D eigenvalue weighted by molar-refractivity contribution is 14.0. The first-order chi connectivity index (χ1) is 13.7. The number of benzene rings is 1. The van der Waals surface area contributed by atoms with Crippen LogP contribution in [-0.4, -0.2) is 70.3 Å². The van der Waals surface area contributed by atoms with Crippen molar-refractivity contribution < 1.29 is 14.6 Å². The summed E-state index contributed by atoms with van der Waals surface area (Å²) in [4.78, 5) is 7.09. The van der Waals surface area contributed by atoms with Crippen LogP contribution in [0.5, 0.6) is 0 Å². The molecule has 8 heteroatoms.